The van der Waals surface area contributed by atoms with E-state index in [4.69, 9.17) is 4.74 Å². The van der Waals surface area contributed by atoms with E-state index in [0.717, 1.165) is 0 Å². The Balaban J connectivity index is 4.33. The number of esters is 1. The van der Waals surface area contributed by atoms with E-state index in [0.29, 0.717) is 25.4 Å². The molecule has 0 spiro atoms. The van der Waals surface area contributed by atoms with Crippen molar-refractivity contribution in [2.45, 2.75) is 65.2 Å². The quantitative estimate of drug-likeness (QED) is 0.727. The minimum Gasteiger partial charge on any atom is -0.466 e. The highest BCUT2D eigenvalue weighted by molar-refractivity contribution is 7.84. The zero-order chi connectivity index (χ0) is 14.3. The van der Waals surface area contributed by atoms with E-state index in [1.54, 1.807) is 6.92 Å². The summed E-state index contributed by atoms with van der Waals surface area (Å²) in [6.07, 6.45) is 1.02. The molecule has 0 saturated carbocycles. The first-order valence-corrected chi connectivity index (χ1v) is 7.67. The Hall–Kier alpha value is -0.420. The largest absolute Gasteiger partial charge is 0.466 e. The van der Waals surface area contributed by atoms with Crippen LogP contribution in [0.1, 0.15) is 54.4 Å². The first-order valence-electron chi connectivity index (χ1n) is 6.52. The lowest BCUT2D eigenvalue weighted by atomic mass is 10.0. The molecule has 0 unspecified atom stereocenters. The average Bonchev–Trinajstić information content (AvgIpc) is 2.22. The molecule has 0 bridgehead atoms. The van der Waals surface area contributed by atoms with E-state index in [1.807, 2.05) is 20.8 Å². The third-order valence-electron chi connectivity index (χ3n) is 2.58. The zero-order valence-electron chi connectivity index (χ0n) is 12.4. The van der Waals surface area contributed by atoms with E-state index in [9.17, 15) is 9.00 Å². The van der Waals surface area contributed by atoms with Gasteiger partial charge in [0.15, 0.2) is 0 Å². The topological polar surface area (TPSA) is 55.4 Å². The molecule has 0 amide bonds. The van der Waals surface area contributed by atoms with Crippen LogP contribution in [0.15, 0.2) is 0 Å². The van der Waals surface area contributed by atoms with E-state index < -0.39 is 11.0 Å². The van der Waals surface area contributed by atoms with Gasteiger partial charge in [0.1, 0.15) is 0 Å². The second-order valence-corrected chi connectivity index (χ2v) is 7.69. The molecule has 0 aromatic rings. The highest BCUT2D eigenvalue weighted by Crippen LogP contribution is 2.15. The highest BCUT2D eigenvalue weighted by atomic mass is 32.2. The summed E-state index contributed by atoms with van der Waals surface area (Å²) < 4.78 is 19.8. The number of nitrogens with one attached hydrogen (secondary N) is 1. The molecular formula is C13H27NO3S. The van der Waals surface area contributed by atoms with Gasteiger partial charge in [-0.2, -0.15) is 0 Å². The summed E-state index contributed by atoms with van der Waals surface area (Å²) in [6.45, 7) is 12.1. The standard InChI is InChI=1S/C13H27NO3S/c1-7-17-12(15)9-8-11(10(2)3)14-18(16)13(4,5)6/h10-11,14H,7-9H2,1-6H3/t11-,18-/m1/s1. The minimum atomic E-state index is -1.11. The fourth-order valence-corrected chi connectivity index (χ4v) is 2.37. The minimum absolute atomic E-state index is 0.0643. The first kappa shape index (κ1) is 17.6. The molecule has 5 heteroatoms. The Morgan fingerprint density at radius 2 is 1.89 bits per heavy atom. The molecule has 18 heavy (non-hydrogen) atoms. The molecule has 1 N–H and O–H groups in total. The van der Waals surface area contributed by atoms with Crippen LogP contribution in [0.4, 0.5) is 0 Å². The Bertz CT molecular complexity index is 284. The third kappa shape index (κ3) is 7.11. The van der Waals surface area contributed by atoms with Crippen molar-refractivity contribution >= 4 is 17.0 Å². The molecule has 0 radical (unpaired) electrons. The molecule has 0 aliphatic heterocycles. The Labute approximate surface area is 113 Å². The number of carbonyl (C=O) groups excluding carboxylic acids is 1. The highest BCUT2D eigenvalue weighted by Gasteiger charge is 2.24. The van der Waals surface area contributed by atoms with Crippen LogP contribution >= 0.6 is 0 Å². The SMILES string of the molecule is CCOC(=O)CC[C@@H](N[S@](=O)C(C)(C)C)C(C)C. The van der Waals surface area contributed by atoms with Crippen LogP contribution in [0.3, 0.4) is 0 Å². The number of hydrogen-bond acceptors (Lipinski definition) is 3. The molecule has 0 rings (SSSR count). The van der Waals surface area contributed by atoms with Gasteiger partial charge in [0.05, 0.1) is 22.3 Å². The monoisotopic (exact) mass is 277 g/mol. The van der Waals surface area contributed by atoms with Crippen molar-refractivity contribution in [2.24, 2.45) is 5.92 Å². The maximum Gasteiger partial charge on any atom is 0.305 e. The molecule has 0 saturated heterocycles. The van der Waals surface area contributed by atoms with Crippen molar-refractivity contribution in [1.29, 1.82) is 0 Å². The molecule has 4 nitrogen and oxygen atoms in total. The Morgan fingerprint density at radius 3 is 2.28 bits per heavy atom. The normalized spacial score (nSPS) is 15.5. The van der Waals surface area contributed by atoms with Gasteiger partial charge in [0, 0.05) is 12.5 Å². The summed E-state index contributed by atoms with van der Waals surface area (Å²) in [5.41, 5.74) is 0. The lowest BCUT2D eigenvalue weighted by molar-refractivity contribution is -0.143. The van der Waals surface area contributed by atoms with Crippen molar-refractivity contribution in [1.82, 2.24) is 4.72 Å². The summed E-state index contributed by atoms with van der Waals surface area (Å²) in [7, 11) is -1.11. The van der Waals surface area contributed by atoms with E-state index in [2.05, 4.69) is 18.6 Å². The van der Waals surface area contributed by atoms with Crippen LogP contribution < -0.4 is 4.72 Å². The second kappa shape index (κ2) is 7.89. The van der Waals surface area contributed by atoms with Crippen LogP contribution in [0, 0.1) is 5.92 Å². The molecule has 0 fully saturated rings. The van der Waals surface area contributed by atoms with Crippen LogP contribution in [0.2, 0.25) is 0 Å². The lowest BCUT2D eigenvalue weighted by Crippen LogP contribution is -2.42. The predicted octanol–water partition coefficient (Wildman–Crippen LogP) is 2.41. The van der Waals surface area contributed by atoms with Gasteiger partial charge in [0.25, 0.3) is 0 Å². The summed E-state index contributed by atoms with van der Waals surface area (Å²) in [5, 5.41) is 0. The smallest absolute Gasteiger partial charge is 0.305 e. The van der Waals surface area contributed by atoms with Gasteiger partial charge in [-0.3, -0.25) is 4.79 Å². The van der Waals surface area contributed by atoms with Crippen LogP contribution in [0.5, 0.6) is 0 Å². The number of carbonyl (C=O) groups is 1. The second-order valence-electron chi connectivity index (χ2n) is 5.69. The Morgan fingerprint density at radius 1 is 1.33 bits per heavy atom. The van der Waals surface area contributed by atoms with Gasteiger partial charge in [-0.1, -0.05) is 13.8 Å². The molecule has 0 aliphatic carbocycles. The van der Waals surface area contributed by atoms with Crippen molar-refractivity contribution < 1.29 is 13.7 Å². The van der Waals surface area contributed by atoms with Gasteiger partial charge in [-0.05, 0) is 40.0 Å². The number of rotatable bonds is 7. The molecular weight excluding hydrogens is 250 g/mol. The van der Waals surface area contributed by atoms with Crippen LogP contribution in [-0.2, 0) is 20.5 Å². The van der Waals surface area contributed by atoms with E-state index in [1.165, 1.54) is 0 Å². The molecule has 0 heterocycles. The molecule has 0 aliphatic rings. The fourth-order valence-electron chi connectivity index (χ4n) is 1.35. The van der Waals surface area contributed by atoms with Gasteiger partial charge < -0.3 is 4.74 Å². The van der Waals surface area contributed by atoms with Crippen molar-refractivity contribution in [2.75, 3.05) is 6.61 Å². The van der Waals surface area contributed by atoms with E-state index in [-0.39, 0.29) is 16.8 Å². The average molecular weight is 277 g/mol. The summed E-state index contributed by atoms with van der Waals surface area (Å²) in [6, 6.07) is 0.0643. The van der Waals surface area contributed by atoms with Crippen molar-refractivity contribution in [3.05, 3.63) is 0 Å². The first-order chi connectivity index (χ1) is 8.18. The van der Waals surface area contributed by atoms with Crippen LogP contribution in [-0.4, -0.2) is 27.6 Å². The molecule has 0 aromatic carbocycles. The summed E-state index contributed by atoms with van der Waals surface area (Å²) in [4.78, 5) is 11.3. The molecule has 108 valence electrons. The number of hydrogen-bond donors (Lipinski definition) is 1. The fraction of sp³-hybridized carbons (Fsp3) is 0.923. The summed E-state index contributed by atoms with van der Waals surface area (Å²) >= 11 is 0. The summed E-state index contributed by atoms with van der Waals surface area (Å²) in [5.74, 6) is 0.136. The number of ether oxygens (including phenoxy) is 1. The Kier molecular flexibility index (Phi) is 7.71. The van der Waals surface area contributed by atoms with Crippen LogP contribution in [0.25, 0.3) is 0 Å². The van der Waals surface area contributed by atoms with Gasteiger partial charge in [-0.15, -0.1) is 0 Å². The predicted molar refractivity (Wildman–Crippen MR) is 75.5 cm³/mol. The molecule has 2 atom stereocenters. The maximum atomic E-state index is 12.0. The maximum absolute atomic E-state index is 12.0. The molecule has 0 aromatic heterocycles. The van der Waals surface area contributed by atoms with E-state index >= 15 is 0 Å². The lowest BCUT2D eigenvalue weighted by Gasteiger charge is -2.26. The van der Waals surface area contributed by atoms with Gasteiger partial charge in [0.2, 0.25) is 0 Å². The van der Waals surface area contributed by atoms with Gasteiger partial charge >= 0.3 is 5.97 Å². The zero-order valence-corrected chi connectivity index (χ0v) is 13.2. The van der Waals surface area contributed by atoms with Gasteiger partial charge in [-0.25, -0.2) is 8.93 Å². The van der Waals surface area contributed by atoms with Crippen molar-refractivity contribution in [3.63, 3.8) is 0 Å². The van der Waals surface area contributed by atoms with Crippen molar-refractivity contribution in [3.8, 4) is 0 Å². The third-order valence-corrected chi connectivity index (χ3v) is 4.21.